The summed E-state index contributed by atoms with van der Waals surface area (Å²) in [6, 6.07) is 9.03. The topological polar surface area (TPSA) is 9.23 Å². The summed E-state index contributed by atoms with van der Waals surface area (Å²) in [5, 5.41) is 0. The molecule has 2 heteroatoms. The second-order valence-electron chi connectivity index (χ2n) is 6.37. The average molecular weight is 325 g/mol. The molecule has 1 aliphatic carbocycles. The first-order chi connectivity index (χ1) is 9.04. The summed E-state index contributed by atoms with van der Waals surface area (Å²) >= 11 is 3.94. The Labute approximate surface area is 125 Å². The van der Waals surface area contributed by atoms with Crippen molar-refractivity contribution in [1.29, 1.82) is 0 Å². The molecule has 1 aliphatic rings. The van der Waals surface area contributed by atoms with Gasteiger partial charge in [-0.3, -0.25) is 0 Å². The lowest BCUT2D eigenvalue weighted by atomic mass is 9.78. The van der Waals surface area contributed by atoms with Gasteiger partial charge in [0.15, 0.2) is 0 Å². The minimum atomic E-state index is 0.461. The lowest BCUT2D eigenvalue weighted by Crippen LogP contribution is -2.21. The highest BCUT2D eigenvalue weighted by atomic mass is 79.9. The highest BCUT2D eigenvalue weighted by Gasteiger charge is 2.38. The van der Waals surface area contributed by atoms with Crippen LogP contribution in [0.25, 0.3) is 0 Å². The third kappa shape index (κ3) is 3.61. The molecule has 0 saturated heterocycles. The van der Waals surface area contributed by atoms with Crippen LogP contribution in [0.15, 0.2) is 24.3 Å². The van der Waals surface area contributed by atoms with Gasteiger partial charge in [0.2, 0.25) is 0 Å². The van der Waals surface area contributed by atoms with E-state index in [-0.39, 0.29) is 0 Å². The maximum Gasteiger partial charge on any atom is 0.0502 e. The molecule has 2 unspecified atom stereocenters. The van der Waals surface area contributed by atoms with Gasteiger partial charge in [0, 0.05) is 11.9 Å². The van der Waals surface area contributed by atoms with Crippen LogP contribution in [-0.2, 0) is 11.2 Å². The van der Waals surface area contributed by atoms with Crippen molar-refractivity contribution in [3.8, 4) is 0 Å². The van der Waals surface area contributed by atoms with E-state index >= 15 is 0 Å². The van der Waals surface area contributed by atoms with E-state index < -0.39 is 0 Å². The number of hydrogen-bond donors (Lipinski definition) is 0. The zero-order valence-corrected chi connectivity index (χ0v) is 13.9. The number of halogens is 1. The van der Waals surface area contributed by atoms with Gasteiger partial charge >= 0.3 is 0 Å². The number of hydrogen-bond acceptors (Lipinski definition) is 1. The molecule has 1 saturated carbocycles. The third-order valence-electron chi connectivity index (χ3n) is 4.59. The minimum absolute atomic E-state index is 0.461. The first-order valence-electron chi connectivity index (χ1n) is 7.26. The molecular weight excluding hydrogens is 300 g/mol. The van der Waals surface area contributed by atoms with Gasteiger partial charge in [-0.25, -0.2) is 0 Å². The van der Waals surface area contributed by atoms with Crippen molar-refractivity contribution in [2.75, 3.05) is 13.7 Å². The SMILES string of the molecule is COCCc1ccc(C(Br)C2CCCC2(C)C)cc1. The van der Waals surface area contributed by atoms with Crippen molar-refractivity contribution in [2.45, 2.75) is 44.4 Å². The van der Waals surface area contributed by atoms with E-state index in [1.165, 1.54) is 30.4 Å². The Balaban J connectivity index is 2.05. The van der Waals surface area contributed by atoms with Gasteiger partial charge in [-0.15, -0.1) is 0 Å². The Hall–Kier alpha value is -0.340. The zero-order valence-electron chi connectivity index (χ0n) is 12.3. The average Bonchev–Trinajstić information content (AvgIpc) is 2.76. The van der Waals surface area contributed by atoms with Crippen molar-refractivity contribution < 1.29 is 4.74 Å². The lowest BCUT2D eigenvalue weighted by Gasteiger charge is -2.31. The first-order valence-corrected chi connectivity index (χ1v) is 8.18. The van der Waals surface area contributed by atoms with E-state index in [0.717, 1.165) is 18.9 Å². The van der Waals surface area contributed by atoms with Crippen molar-refractivity contribution in [3.63, 3.8) is 0 Å². The van der Waals surface area contributed by atoms with Crippen molar-refractivity contribution >= 4 is 15.9 Å². The molecule has 2 rings (SSSR count). The predicted molar refractivity (Wildman–Crippen MR) is 84.8 cm³/mol. The zero-order chi connectivity index (χ0) is 13.9. The van der Waals surface area contributed by atoms with Crippen LogP contribution in [0, 0.1) is 11.3 Å². The molecule has 0 amide bonds. The molecule has 0 spiro atoms. The molecule has 0 aliphatic heterocycles. The summed E-state index contributed by atoms with van der Waals surface area (Å²) in [5.41, 5.74) is 3.24. The Kier molecular flexibility index (Phi) is 5.08. The van der Waals surface area contributed by atoms with Gasteiger partial charge in [-0.1, -0.05) is 60.5 Å². The van der Waals surface area contributed by atoms with Gasteiger partial charge < -0.3 is 4.74 Å². The Morgan fingerprint density at radius 2 is 2.00 bits per heavy atom. The molecule has 1 nitrogen and oxygen atoms in total. The van der Waals surface area contributed by atoms with Crippen LogP contribution in [0.1, 0.15) is 49.1 Å². The Morgan fingerprint density at radius 1 is 1.32 bits per heavy atom. The van der Waals surface area contributed by atoms with Crippen molar-refractivity contribution in [1.82, 2.24) is 0 Å². The molecule has 0 heterocycles. The predicted octanol–water partition coefficient (Wildman–Crippen LogP) is 5.14. The Bertz CT molecular complexity index is 396. The van der Waals surface area contributed by atoms with Crippen LogP contribution in [0.5, 0.6) is 0 Å². The molecule has 0 bridgehead atoms. The molecule has 1 fully saturated rings. The highest BCUT2D eigenvalue weighted by Crippen LogP contribution is 2.51. The number of benzene rings is 1. The molecule has 2 atom stereocenters. The smallest absolute Gasteiger partial charge is 0.0502 e. The van der Waals surface area contributed by atoms with Crippen molar-refractivity contribution in [2.24, 2.45) is 11.3 Å². The van der Waals surface area contributed by atoms with Gasteiger partial charge in [-0.2, -0.15) is 0 Å². The number of methoxy groups -OCH3 is 1. The van der Waals surface area contributed by atoms with E-state index in [4.69, 9.17) is 4.74 Å². The van der Waals surface area contributed by atoms with Crippen LogP contribution in [0.2, 0.25) is 0 Å². The summed E-state index contributed by atoms with van der Waals surface area (Å²) in [6.45, 7) is 5.62. The summed E-state index contributed by atoms with van der Waals surface area (Å²) in [4.78, 5) is 0.487. The van der Waals surface area contributed by atoms with E-state index in [9.17, 15) is 0 Å². The maximum atomic E-state index is 5.12. The largest absolute Gasteiger partial charge is 0.384 e. The van der Waals surface area contributed by atoms with Gasteiger partial charge in [0.1, 0.15) is 0 Å². The molecule has 0 radical (unpaired) electrons. The highest BCUT2D eigenvalue weighted by molar-refractivity contribution is 9.09. The summed E-state index contributed by atoms with van der Waals surface area (Å²) < 4.78 is 5.12. The molecule has 1 aromatic rings. The van der Waals surface area contributed by atoms with Gasteiger partial charge in [-0.05, 0) is 41.7 Å². The van der Waals surface area contributed by atoms with Gasteiger partial charge in [0.25, 0.3) is 0 Å². The van der Waals surface area contributed by atoms with Crippen LogP contribution < -0.4 is 0 Å². The minimum Gasteiger partial charge on any atom is -0.384 e. The molecule has 0 N–H and O–H groups in total. The Morgan fingerprint density at radius 3 is 2.53 bits per heavy atom. The third-order valence-corrected chi connectivity index (χ3v) is 5.75. The van der Waals surface area contributed by atoms with Gasteiger partial charge in [0.05, 0.1) is 6.61 Å². The molecule has 0 aromatic heterocycles. The maximum absolute atomic E-state index is 5.12. The fourth-order valence-electron chi connectivity index (χ4n) is 3.22. The standard InChI is InChI=1S/C17H25BrO/c1-17(2)11-4-5-15(17)16(18)14-8-6-13(7-9-14)10-12-19-3/h6-9,15-16H,4-5,10-12H2,1-3H3. The number of alkyl halides is 1. The van der Waals surface area contributed by atoms with Crippen molar-refractivity contribution in [3.05, 3.63) is 35.4 Å². The lowest BCUT2D eigenvalue weighted by molar-refractivity contribution is 0.202. The van der Waals surface area contributed by atoms with Crippen LogP contribution in [0.3, 0.4) is 0 Å². The van der Waals surface area contributed by atoms with E-state index in [0.29, 0.717) is 10.2 Å². The first kappa shape index (κ1) is 15.1. The van der Waals surface area contributed by atoms with E-state index in [2.05, 4.69) is 54.0 Å². The van der Waals surface area contributed by atoms with E-state index in [1.54, 1.807) is 7.11 Å². The second-order valence-corrected chi connectivity index (χ2v) is 7.36. The monoisotopic (exact) mass is 324 g/mol. The summed E-state index contributed by atoms with van der Waals surface area (Å²) in [6.07, 6.45) is 5.06. The number of ether oxygens (including phenoxy) is 1. The molecule has 1 aromatic carbocycles. The van der Waals surface area contributed by atoms with Crippen LogP contribution in [-0.4, -0.2) is 13.7 Å². The fourth-order valence-corrected chi connectivity index (χ4v) is 4.50. The summed E-state index contributed by atoms with van der Waals surface area (Å²) in [5.74, 6) is 0.748. The molecule has 106 valence electrons. The molecule has 19 heavy (non-hydrogen) atoms. The fraction of sp³-hybridized carbons (Fsp3) is 0.647. The quantitative estimate of drug-likeness (QED) is 0.681. The van der Waals surface area contributed by atoms with Crippen LogP contribution in [0.4, 0.5) is 0 Å². The summed E-state index contributed by atoms with van der Waals surface area (Å²) in [7, 11) is 1.76. The molecular formula is C17H25BrO. The second kappa shape index (κ2) is 6.41. The normalized spacial score (nSPS) is 23.5. The van der Waals surface area contributed by atoms with E-state index in [1.807, 2.05) is 0 Å². The number of rotatable bonds is 5. The van der Waals surface area contributed by atoms with Crippen LogP contribution >= 0.6 is 15.9 Å².